The van der Waals surface area contributed by atoms with E-state index in [1.807, 2.05) is 6.07 Å². The summed E-state index contributed by atoms with van der Waals surface area (Å²) in [5, 5.41) is 12.2. The van der Waals surface area contributed by atoms with Crippen molar-refractivity contribution in [3.05, 3.63) is 35.9 Å². The Morgan fingerprint density at radius 3 is 2.54 bits per heavy atom. The zero-order chi connectivity index (χ0) is 11.5. The summed E-state index contributed by atoms with van der Waals surface area (Å²) in [6.07, 6.45) is -0.813. The van der Waals surface area contributed by atoms with Crippen LogP contribution < -0.4 is 5.32 Å². The molecule has 0 heterocycles. The highest BCUT2D eigenvalue weighted by atomic mass is 35.5. The van der Waals surface area contributed by atoms with Crippen molar-refractivity contribution in [1.29, 1.82) is 0 Å². The molecule has 2 N–H and O–H groups in total. The molecule has 2 nitrogen and oxygen atoms in total. The number of benzene rings is 1. The zero-order valence-electron chi connectivity index (χ0n) is 10.4. The van der Waals surface area contributed by atoms with E-state index < -0.39 is 19.1 Å². The molecule has 0 radical (unpaired) electrons. The summed E-state index contributed by atoms with van der Waals surface area (Å²) in [4.78, 5) is 0. The molecule has 0 spiro atoms. The number of rotatable bonds is 3. The fraction of sp³-hybridized carbons (Fsp3) is 0.400. The fourth-order valence-corrected chi connectivity index (χ4v) is 1.02. The largest absolute Gasteiger partial charge is 0.387 e. The smallest absolute Gasteiger partial charge is 0.0940 e. The molecule has 1 aromatic carbocycles. The highest BCUT2D eigenvalue weighted by molar-refractivity contribution is 5.85. The van der Waals surface area contributed by atoms with Crippen LogP contribution in [0.25, 0.3) is 0 Å². The molecule has 0 aliphatic carbocycles. The second-order valence-corrected chi connectivity index (χ2v) is 2.79. The molecule has 0 aliphatic rings. The number of nitrogens with one attached hydrogen (secondary N) is 1. The maximum absolute atomic E-state index is 9.84. The monoisotopic (exact) mass is 205 g/mol. The van der Waals surface area contributed by atoms with Crippen molar-refractivity contribution in [2.24, 2.45) is 0 Å². The number of aliphatic hydroxyl groups excluding tert-OH is 1. The summed E-state index contributed by atoms with van der Waals surface area (Å²) in [6.45, 7) is -0.584. The van der Waals surface area contributed by atoms with Crippen LogP contribution in [0, 0.1) is 0 Å². The third-order valence-corrected chi connectivity index (χ3v) is 1.84. The Balaban J connectivity index is 0.00000225. The summed E-state index contributed by atoms with van der Waals surface area (Å²) in [7, 11) is 0. The quantitative estimate of drug-likeness (QED) is 0.737. The standard InChI is InChI=1S/C10H15NO.ClH/c1-8(11-2)10(12)9-6-4-3-5-7-9;/h3-8,10-12H,1-2H3;1H/t8-,10+;/m0./s1/i2+1D3;. The summed E-state index contributed by atoms with van der Waals surface area (Å²) < 4.78 is 21.1. The predicted molar refractivity (Wildman–Crippen MR) is 57.2 cm³/mol. The molecule has 0 aromatic heterocycles. The SMILES string of the molecule is Cl.[2H][13C]([2H])([2H])N[C@@H](C)[C@@H](O)c1ccccc1. The Labute approximate surface area is 89.6 Å². The van der Waals surface area contributed by atoms with Crippen LogP contribution in [-0.4, -0.2) is 18.1 Å². The molecule has 1 aromatic rings. The molecule has 13 heavy (non-hydrogen) atoms. The second kappa shape index (κ2) is 5.97. The van der Waals surface area contributed by atoms with E-state index in [4.69, 9.17) is 4.11 Å². The van der Waals surface area contributed by atoms with Crippen molar-refractivity contribution in [2.45, 2.75) is 19.1 Å². The zero-order valence-corrected chi connectivity index (χ0v) is 8.21. The molecular weight excluding hydrogens is 187 g/mol. The molecule has 74 valence electrons. The minimum absolute atomic E-state index is 0. The van der Waals surface area contributed by atoms with E-state index in [-0.39, 0.29) is 12.4 Å². The van der Waals surface area contributed by atoms with Crippen LogP contribution in [0.15, 0.2) is 30.3 Å². The average molecular weight is 206 g/mol. The molecule has 0 saturated carbocycles. The highest BCUT2D eigenvalue weighted by Gasteiger charge is 2.12. The van der Waals surface area contributed by atoms with Crippen molar-refractivity contribution < 1.29 is 9.22 Å². The number of likely N-dealkylation sites (N-methyl/N-ethyl adjacent to an activating group) is 1. The Hall–Kier alpha value is -0.570. The molecule has 0 saturated heterocycles. The van der Waals surface area contributed by atoms with E-state index in [2.05, 4.69) is 5.32 Å². The number of hydrogen-bond donors (Lipinski definition) is 2. The molecule has 0 unspecified atom stereocenters. The summed E-state index contributed by atoms with van der Waals surface area (Å²) >= 11 is 0. The first-order chi connectivity index (χ1) is 6.90. The van der Waals surface area contributed by atoms with E-state index in [1.165, 1.54) is 0 Å². The lowest BCUT2D eigenvalue weighted by Crippen LogP contribution is -2.28. The van der Waals surface area contributed by atoms with Gasteiger partial charge in [-0.25, -0.2) is 0 Å². The maximum atomic E-state index is 9.84. The molecule has 0 amide bonds. The predicted octanol–water partition coefficient (Wildman–Crippen LogP) is 1.75. The van der Waals surface area contributed by atoms with Gasteiger partial charge in [-0.3, -0.25) is 0 Å². The van der Waals surface area contributed by atoms with Crippen LogP contribution in [0.2, 0.25) is 0 Å². The van der Waals surface area contributed by atoms with E-state index in [0.717, 1.165) is 0 Å². The fourth-order valence-electron chi connectivity index (χ4n) is 1.02. The van der Waals surface area contributed by atoms with Gasteiger partial charge in [-0.2, -0.15) is 0 Å². The first-order valence-electron chi connectivity index (χ1n) is 5.41. The van der Waals surface area contributed by atoms with Crippen LogP contribution in [0.4, 0.5) is 0 Å². The normalized spacial score (nSPS) is 18.8. The molecule has 0 fully saturated rings. The van der Waals surface area contributed by atoms with E-state index in [1.54, 1.807) is 31.2 Å². The van der Waals surface area contributed by atoms with Gasteiger partial charge in [0.1, 0.15) is 0 Å². The molecule has 0 aliphatic heterocycles. The highest BCUT2D eigenvalue weighted by Crippen LogP contribution is 2.15. The van der Waals surface area contributed by atoms with Gasteiger partial charge in [-0.15, -0.1) is 12.4 Å². The van der Waals surface area contributed by atoms with Crippen molar-refractivity contribution in [3.63, 3.8) is 0 Å². The van der Waals surface area contributed by atoms with E-state index in [0.29, 0.717) is 5.56 Å². The van der Waals surface area contributed by atoms with Crippen LogP contribution in [0.3, 0.4) is 0 Å². The third-order valence-electron chi connectivity index (χ3n) is 1.84. The lowest BCUT2D eigenvalue weighted by atomic mass is 10.0. The lowest BCUT2D eigenvalue weighted by Gasteiger charge is -2.17. The molecular formula is C10H16ClNO. The summed E-state index contributed by atoms with van der Waals surface area (Å²) in [6, 6.07) is 8.48. The molecule has 0 bridgehead atoms. The Morgan fingerprint density at radius 2 is 2.00 bits per heavy atom. The Morgan fingerprint density at radius 1 is 1.38 bits per heavy atom. The third kappa shape index (κ3) is 3.35. The lowest BCUT2D eigenvalue weighted by molar-refractivity contribution is 0.140. The van der Waals surface area contributed by atoms with Crippen LogP contribution in [-0.2, 0) is 0 Å². The first kappa shape index (κ1) is 7.80. The van der Waals surface area contributed by atoms with Gasteiger partial charge in [-0.1, -0.05) is 30.3 Å². The molecule has 3 heteroatoms. The minimum Gasteiger partial charge on any atom is -0.387 e. The van der Waals surface area contributed by atoms with Gasteiger partial charge < -0.3 is 10.4 Å². The Kier molecular flexibility index (Phi) is 3.58. The van der Waals surface area contributed by atoms with Crippen molar-refractivity contribution in [1.82, 2.24) is 5.32 Å². The van der Waals surface area contributed by atoms with Crippen LogP contribution in [0.5, 0.6) is 0 Å². The molecule has 2 atom stereocenters. The van der Waals surface area contributed by atoms with Crippen molar-refractivity contribution >= 4 is 12.4 Å². The van der Waals surface area contributed by atoms with Gasteiger partial charge >= 0.3 is 0 Å². The van der Waals surface area contributed by atoms with Crippen LogP contribution in [0.1, 0.15) is 22.7 Å². The Bertz CT molecular complexity index is 305. The maximum Gasteiger partial charge on any atom is 0.0940 e. The van der Waals surface area contributed by atoms with Gasteiger partial charge in [0.15, 0.2) is 0 Å². The minimum atomic E-state index is -2.23. The number of halogens is 1. The summed E-state index contributed by atoms with van der Waals surface area (Å²) in [5.74, 6) is 0. The average Bonchev–Trinajstić information content (AvgIpc) is 2.15. The first-order valence-corrected chi connectivity index (χ1v) is 3.91. The van der Waals surface area contributed by atoms with E-state index in [9.17, 15) is 5.11 Å². The van der Waals surface area contributed by atoms with Crippen molar-refractivity contribution in [2.75, 3.05) is 6.98 Å². The van der Waals surface area contributed by atoms with Gasteiger partial charge in [0.05, 0.1) is 6.10 Å². The topological polar surface area (TPSA) is 32.3 Å². The van der Waals surface area contributed by atoms with Crippen LogP contribution >= 0.6 is 12.4 Å². The summed E-state index contributed by atoms with van der Waals surface area (Å²) in [5.41, 5.74) is 0.710. The molecule has 1 rings (SSSR count). The van der Waals surface area contributed by atoms with Gasteiger partial charge in [-0.05, 0) is 19.5 Å². The van der Waals surface area contributed by atoms with Gasteiger partial charge in [0.25, 0.3) is 0 Å². The van der Waals surface area contributed by atoms with Gasteiger partial charge in [0.2, 0.25) is 0 Å². The number of aliphatic hydroxyl groups is 1. The second-order valence-electron chi connectivity index (χ2n) is 2.79. The van der Waals surface area contributed by atoms with E-state index >= 15 is 0 Å². The number of hydrogen-bond acceptors (Lipinski definition) is 2. The van der Waals surface area contributed by atoms with Crippen molar-refractivity contribution in [3.8, 4) is 0 Å². The van der Waals surface area contributed by atoms with Gasteiger partial charge in [0, 0.05) is 10.2 Å².